The third kappa shape index (κ3) is 2.06. The van der Waals surface area contributed by atoms with E-state index in [2.05, 4.69) is 15.9 Å². The number of amides is 1. The highest BCUT2D eigenvalue weighted by Crippen LogP contribution is 2.18. The first kappa shape index (κ1) is 10.7. The van der Waals surface area contributed by atoms with Gasteiger partial charge in [0.15, 0.2) is 10.4 Å². The zero-order valence-electron chi connectivity index (χ0n) is 7.76. The fraction of sp³-hybridized carbons (Fsp3) is 0.444. The molecular weight excluding hydrogens is 266 g/mol. The number of rotatable bonds is 1. The van der Waals surface area contributed by atoms with Crippen molar-refractivity contribution in [3.63, 3.8) is 0 Å². The molecule has 1 aromatic heterocycles. The minimum Gasteiger partial charge on any atom is -0.444 e. The molecule has 2 N–H and O–H groups in total. The summed E-state index contributed by atoms with van der Waals surface area (Å²) in [6, 6.07) is 3.17. The highest BCUT2D eigenvalue weighted by Gasteiger charge is 2.33. The van der Waals surface area contributed by atoms with E-state index in [1.807, 2.05) is 0 Å². The third-order valence-electron chi connectivity index (χ3n) is 2.33. The first-order valence-electron chi connectivity index (χ1n) is 4.48. The van der Waals surface area contributed by atoms with Gasteiger partial charge in [0.05, 0.1) is 12.2 Å². The smallest absolute Gasteiger partial charge is 0.289 e. The number of halogens is 1. The lowest BCUT2D eigenvalue weighted by molar-refractivity contribution is 0.0572. The number of aliphatic hydroxyl groups excluding tert-OH is 2. The van der Waals surface area contributed by atoms with E-state index >= 15 is 0 Å². The molecule has 1 aliphatic heterocycles. The van der Waals surface area contributed by atoms with Gasteiger partial charge in [-0.2, -0.15) is 0 Å². The SMILES string of the molecule is O=C(c1ccc(Br)o1)N1C[C@@H](O)[C@@H](O)C1. The number of carbonyl (C=O) groups excluding carboxylic acids is 1. The Kier molecular flexibility index (Phi) is 2.81. The summed E-state index contributed by atoms with van der Waals surface area (Å²) in [6.45, 7) is 0.274. The maximum absolute atomic E-state index is 11.7. The molecule has 15 heavy (non-hydrogen) atoms. The number of furan rings is 1. The van der Waals surface area contributed by atoms with Crippen molar-refractivity contribution in [1.29, 1.82) is 0 Å². The second-order valence-corrected chi connectivity index (χ2v) is 4.23. The summed E-state index contributed by atoms with van der Waals surface area (Å²) in [5.74, 6) is -0.125. The largest absolute Gasteiger partial charge is 0.444 e. The Hall–Kier alpha value is -0.850. The average Bonchev–Trinajstić information content (AvgIpc) is 2.74. The van der Waals surface area contributed by atoms with E-state index < -0.39 is 12.2 Å². The van der Waals surface area contributed by atoms with E-state index in [1.54, 1.807) is 12.1 Å². The quantitative estimate of drug-likeness (QED) is 0.769. The van der Waals surface area contributed by atoms with Crippen LogP contribution in [-0.4, -0.2) is 46.3 Å². The first-order chi connectivity index (χ1) is 7.08. The topological polar surface area (TPSA) is 73.9 Å². The van der Waals surface area contributed by atoms with Crippen molar-refractivity contribution in [2.24, 2.45) is 0 Å². The van der Waals surface area contributed by atoms with E-state index in [0.29, 0.717) is 4.67 Å². The molecule has 1 amide bonds. The fourth-order valence-corrected chi connectivity index (χ4v) is 1.83. The first-order valence-corrected chi connectivity index (χ1v) is 5.28. The van der Waals surface area contributed by atoms with E-state index in [9.17, 15) is 15.0 Å². The van der Waals surface area contributed by atoms with Crippen LogP contribution in [0.25, 0.3) is 0 Å². The van der Waals surface area contributed by atoms with Crippen LogP contribution in [-0.2, 0) is 0 Å². The van der Waals surface area contributed by atoms with Crippen molar-refractivity contribution < 1.29 is 19.4 Å². The van der Waals surface area contributed by atoms with Gasteiger partial charge < -0.3 is 19.5 Å². The van der Waals surface area contributed by atoms with Gasteiger partial charge in [0.25, 0.3) is 5.91 Å². The molecular formula is C9H10BrNO4. The van der Waals surface area contributed by atoms with Crippen LogP contribution in [0.1, 0.15) is 10.6 Å². The Morgan fingerprint density at radius 1 is 1.40 bits per heavy atom. The zero-order valence-corrected chi connectivity index (χ0v) is 9.35. The number of aliphatic hydroxyl groups is 2. The van der Waals surface area contributed by atoms with Crippen LogP contribution in [0, 0.1) is 0 Å². The van der Waals surface area contributed by atoms with Gasteiger partial charge in [-0.05, 0) is 28.1 Å². The Balaban J connectivity index is 2.10. The van der Waals surface area contributed by atoms with Crippen LogP contribution >= 0.6 is 15.9 Å². The van der Waals surface area contributed by atoms with Crippen molar-refractivity contribution in [2.75, 3.05) is 13.1 Å². The standard InChI is InChI=1S/C9H10BrNO4/c10-8-2-1-7(15-8)9(14)11-3-5(12)6(13)4-11/h1-2,5-6,12-13H,3-4H2/t5-,6+. The number of nitrogens with zero attached hydrogens (tertiary/aromatic N) is 1. The number of hydrogen-bond acceptors (Lipinski definition) is 4. The molecule has 1 fully saturated rings. The highest BCUT2D eigenvalue weighted by atomic mass is 79.9. The Morgan fingerprint density at radius 2 is 2.00 bits per heavy atom. The summed E-state index contributed by atoms with van der Waals surface area (Å²) in [4.78, 5) is 13.1. The van der Waals surface area contributed by atoms with Gasteiger partial charge >= 0.3 is 0 Å². The minimum atomic E-state index is -0.868. The molecule has 0 saturated carbocycles. The summed E-state index contributed by atoms with van der Waals surface area (Å²) >= 11 is 3.10. The lowest BCUT2D eigenvalue weighted by Crippen LogP contribution is -2.29. The molecule has 82 valence electrons. The molecule has 2 rings (SSSR count). The highest BCUT2D eigenvalue weighted by molar-refractivity contribution is 9.10. The normalized spacial score (nSPS) is 25.9. The Morgan fingerprint density at radius 3 is 2.47 bits per heavy atom. The summed E-state index contributed by atoms with van der Waals surface area (Å²) < 4.78 is 5.57. The van der Waals surface area contributed by atoms with Gasteiger partial charge in [-0.15, -0.1) is 0 Å². The van der Waals surface area contributed by atoms with Gasteiger partial charge in [-0.3, -0.25) is 4.79 Å². The summed E-state index contributed by atoms with van der Waals surface area (Å²) in [7, 11) is 0. The molecule has 5 nitrogen and oxygen atoms in total. The van der Waals surface area contributed by atoms with Gasteiger partial charge in [0.2, 0.25) is 0 Å². The molecule has 1 aromatic rings. The molecule has 0 aromatic carbocycles. The van der Waals surface area contributed by atoms with Crippen LogP contribution in [0.4, 0.5) is 0 Å². The van der Waals surface area contributed by atoms with Crippen molar-refractivity contribution in [1.82, 2.24) is 4.90 Å². The molecule has 2 heterocycles. The van der Waals surface area contributed by atoms with Crippen LogP contribution in [0.3, 0.4) is 0 Å². The molecule has 0 unspecified atom stereocenters. The molecule has 0 spiro atoms. The van der Waals surface area contributed by atoms with Crippen molar-refractivity contribution >= 4 is 21.8 Å². The van der Waals surface area contributed by atoms with Crippen LogP contribution in [0.5, 0.6) is 0 Å². The van der Waals surface area contributed by atoms with Crippen molar-refractivity contribution in [2.45, 2.75) is 12.2 Å². The second kappa shape index (κ2) is 3.96. The fourth-order valence-electron chi connectivity index (χ4n) is 1.52. The number of β-amino-alcohol motifs (C(OH)–C–C–N with tert-alkyl or cyclic N) is 2. The molecule has 0 bridgehead atoms. The lowest BCUT2D eigenvalue weighted by atomic mass is 10.3. The van der Waals surface area contributed by atoms with Gasteiger partial charge in [0, 0.05) is 13.1 Å². The molecule has 1 aliphatic rings. The van der Waals surface area contributed by atoms with Crippen LogP contribution in [0.15, 0.2) is 21.2 Å². The maximum Gasteiger partial charge on any atom is 0.289 e. The van der Waals surface area contributed by atoms with Crippen molar-refractivity contribution in [3.05, 3.63) is 22.6 Å². The number of likely N-dealkylation sites (tertiary alicyclic amines) is 1. The zero-order chi connectivity index (χ0) is 11.0. The number of carbonyl (C=O) groups is 1. The summed E-state index contributed by atoms with van der Waals surface area (Å²) in [5, 5.41) is 18.6. The van der Waals surface area contributed by atoms with Crippen LogP contribution < -0.4 is 0 Å². The van der Waals surface area contributed by atoms with Gasteiger partial charge in [-0.25, -0.2) is 0 Å². The van der Waals surface area contributed by atoms with Crippen molar-refractivity contribution in [3.8, 4) is 0 Å². The molecule has 6 heteroatoms. The van der Waals surface area contributed by atoms with E-state index in [0.717, 1.165) is 0 Å². The van der Waals surface area contributed by atoms with E-state index in [1.165, 1.54) is 4.90 Å². The Labute approximate surface area is 94.4 Å². The number of hydrogen-bond donors (Lipinski definition) is 2. The predicted octanol–water partition coefficient (Wildman–Crippen LogP) is 0.220. The van der Waals surface area contributed by atoms with Crippen LogP contribution in [0.2, 0.25) is 0 Å². The molecule has 2 atom stereocenters. The van der Waals surface area contributed by atoms with Gasteiger partial charge in [-0.1, -0.05) is 0 Å². The minimum absolute atomic E-state index is 0.137. The summed E-state index contributed by atoms with van der Waals surface area (Å²) in [6.07, 6.45) is -1.74. The second-order valence-electron chi connectivity index (χ2n) is 3.45. The molecule has 0 radical (unpaired) electrons. The maximum atomic E-state index is 11.7. The van der Waals surface area contributed by atoms with E-state index in [-0.39, 0.29) is 24.8 Å². The summed E-state index contributed by atoms with van der Waals surface area (Å²) in [5.41, 5.74) is 0. The predicted molar refractivity (Wildman–Crippen MR) is 54.3 cm³/mol. The molecule has 1 saturated heterocycles. The lowest BCUT2D eigenvalue weighted by Gasteiger charge is -2.12. The van der Waals surface area contributed by atoms with E-state index in [4.69, 9.17) is 4.42 Å². The third-order valence-corrected chi connectivity index (χ3v) is 2.76. The average molecular weight is 276 g/mol. The molecule has 0 aliphatic carbocycles. The van der Waals surface area contributed by atoms with Gasteiger partial charge in [0.1, 0.15) is 0 Å². The Bertz CT molecular complexity index is 368. The monoisotopic (exact) mass is 275 g/mol.